The molecule has 0 unspecified atom stereocenters. The molecule has 1 rings (SSSR count). The Morgan fingerprint density at radius 2 is 2.31 bits per heavy atom. The van der Waals surface area contributed by atoms with Crippen LogP contribution in [0.2, 0.25) is 5.15 Å². The molecule has 0 radical (unpaired) electrons. The number of aromatic nitrogens is 2. The molecule has 1 aromatic rings. The fourth-order valence-electron chi connectivity index (χ4n) is 1.40. The minimum Gasteiger partial charge on any atom is -0.396 e. The number of aliphatic hydroxyl groups is 1. The molecule has 0 fully saturated rings. The molecule has 0 aliphatic carbocycles. The molecular weight excluding hydrogens is 230 g/mol. The van der Waals surface area contributed by atoms with Crippen molar-refractivity contribution in [2.24, 2.45) is 7.05 Å². The third-order valence-electron chi connectivity index (χ3n) is 2.26. The Morgan fingerprint density at radius 1 is 1.62 bits per heavy atom. The maximum Gasteiger partial charge on any atom is 0.224 e. The molecule has 2 N–H and O–H groups in total. The van der Waals surface area contributed by atoms with Gasteiger partial charge in [0.15, 0.2) is 0 Å². The van der Waals surface area contributed by atoms with E-state index in [4.69, 9.17) is 16.7 Å². The highest BCUT2D eigenvalue weighted by Gasteiger charge is 2.14. The molecular formula is C10H16ClN3O2. The molecule has 0 aromatic carbocycles. The summed E-state index contributed by atoms with van der Waals surface area (Å²) in [5.41, 5.74) is 1.52. The lowest BCUT2D eigenvalue weighted by Crippen LogP contribution is -2.26. The summed E-state index contributed by atoms with van der Waals surface area (Å²) in [6.45, 7) is 2.38. The molecule has 1 heterocycles. The number of carbonyl (C=O) groups excluding carboxylic acids is 1. The Bertz CT molecular complexity index is 376. The number of amides is 1. The Kier molecular flexibility index (Phi) is 4.76. The Morgan fingerprint density at radius 3 is 2.81 bits per heavy atom. The van der Waals surface area contributed by atoms with Crippen LogP contribution in [0.3, 0.4) is 0 Å². The number of halogens is 1. The number of carbonyl (C=O) groups is 1. The zero-order valence-corrected chi connectivity index (χ0v) is 10.2. The van der Waals surface area contributed by atoms with E-state index in [0.29, 0.717) is 18.1 Å². The van der Waals surface area contributed by atoms with Crippen molar-refractivity contribution in [1.29, 1.82) is 0 Å². The second-order valence-corrected chi connectivity index (χ2v) is 3.94. The number of nitrogens with zero attached hydrogens (tertiary/aromatic N) is 2. The van der Waals surface area contributed by atoms with Gasteiger partial charge in [0.25, 0.3) is 0 Å². The van der Waals surface area contributed by atoms with Crippen LogP contribution in [-0.2, 0) is 18.3 Å². The van der Waals surface area contributed by atoms with E-state index in [9.17, 15) is 4.79 Å². The first-order valence-electron chi connectivity index (χ1n) is 5.11. The van der Waals surface area contributed by atoms with Gasteiger partial charge in [-0.1, -0.05) is 11.6 Å². The zero-order valence-electron chi connectivity index (χ0n) is 9.46. The minimum atomic E-state index is -0.105. The summed E-state index contributed by atoms with van der Waals surface area (Å²) in [6.07, 6.45) is 0.787. The molecule has 0 aliphatic heterocycles. The van der Waals surface area contributed by atoms with E-state index in [1.807, 2.05) is 6.92 Å². The first-order chi connectivity index (χ1) is 7.56. The summed E-state index contributed by atoms with van der Waals surface area (Å²) < 4.78 is 1.55. The molecule has 1 aromatic heterocycles. The van der Waals surface area contributed by atoms with Gasteiger partial charge >= 0.3 is 0 Å². The average molecular weight is 246 g/mol. The van der Waals surface area contributed by atoms with Crippen molar-refractivity contribution in [3.8, 4) is 0 Å². The lowest BCUT2D eigenvalue weighted by atomic mass is 10.2. The molecule has 0 bridgehead atoms. The van der Waals surface area contributed by atoms with Crippen LogP contribution < -0.4 is 5.32 Å². The minimum absolute atomic E-state index is 0.0763. The van der Waals surface area contributed by atoms with E-state index in [2.05, 4.69) is 10.4 Å². The van der Waals surface area contributed by atoms with Gasteiger partial charge < -0.3 is 10.4 Å². The summed E-state index contributed by atoms with van der Waals surface area (Å²) >= 11 is 6.00. The summed E-state index contributed by atoms with van der Waals surface area (Å²) in [5, 5.41) is 15.9. The number of aryl methyl sites for hydroxylation is 2. The Hall–Kier alpha value is -1.07. The lowest BCUT2D eigenvalue weighted by Gasteiger charge is -2.03. The van der Waals surface area contributed by atoms with Gasteiger partial charge in [-0.2, -0.15) is 5.10 Å². The Balaban J connectivity index is 2.56. The van der Waals surface area contributed by atoms with Gasteiger partial charge in [-0.05, 0) is 13.3 Å². The van der Waals surface area contributed by atoms with E-state index in [1.165, 1.54) is 0 Å². The molecule has 16 heavy (non-hydrogen) atoms. The quantitative estimate of drug-likeness (QED) is 0.739. The predicted molar refractivity (Wildman–Crippen MR) is 61.4 cm³/mol. The number of nitrogens with one attached hydrogen (secondary N) is 1. The number of hydrogen-bond acceptors (Lipinski definition) is 3. The highest BCUT2D eigenvalue weighted by atomic mass is 35.5. The van der Waals surface area contributed by atoms with Crippen molar-refractivity contribution in [2.75, 3.05) is 13.2 Å². The van der Waals surface area contributed by atoms with Gasteiger partial charge in [0.2, 0.25) is 5.91 Å². The fourth-order valence-corrected chi connectivity index (χ4v) is 1.65. The normalized spacial score (nSPS) is 10.5. The third-order valence-corrected chi connectivity index (χ3v) is 2.74. The van der Waals surface area contributed by atoms with Crippen molar-refractivity contribution in [3.05, 3.63) is 16.4 Å². The standard InChI is InChI=1S/C10H16ClN3O2/c1-7-8(10(11)14(2)13-7)6-9(16)12-4-3-5-15/h15H,3-6H2,1-2H3,(H,12,16). The topological polar surface area (TPSA) is 67.2 Å². The summed E-state index contributed by atoms with van der Waals surface area (Å²) in [5.74, 6) is -0.105. The molecule has 6 heteroatoms. The van der Waals surface area contributed by atoms with Crippen molar-refractivity contribution in [3.63, 3.8) is 0 Å². The average Bonchev–Trinajstić information content (AvgIpc) is 2.46. The lowest BCUT2D eigenvalue weighted by molar-refractivity contribution is -0.120. The largest absolute Gasteiger partial charge is 0.396 e. The van der Waals surface area contributed by atoms with Crippen LogP contribution in [0, 0.1) is 6.92 Å². The number of rotatable bonds is 5. The van der Waals surface area contributed by atoms with Crippen LogP contribution in [0.1, 0.15) is 17.7 Å². The van der Waals surface area contributed by atoms with Crippen LogP contribution in [0.15, 0.2) is 0 Å². The van der Waals surface area contributed by atoms with Gasteiger partial charge in [-0.15, -0.1) is 0 Å². The molecule has 0 saturated carbocycles. The van der Waals surface area contributed by atoms with Gasteiger partial charge in [-0.3, -0.25) is 9.48 Å². The molecule has 0 atom stereocenters. The Labute approximate surface area is 99.4 Å². The summed E-state index contributed by atoms with van der Waals surface area (Å²) in [4.78, 5) is 11.5. The second-order valence-electron chi connectivity index (χ2n) is 3.58. The molecule has 1 amide bonds. The van der Waals surface area contributed by atoms with Crippen molar-refractivity contribution >= 4 is 17.5 Å². The maximum atomic E-state index is 11.5. The smallest absolute Gasteiger partial charge is 0.224 e. The third kappa shape index (κ3) is 3.21. The maximum absolute atomic E-state index is 11.5. The SMILES string of the molecule is Cc1nn(C)c(Cl)c1CC(=O)NCCCO. The van der Waals surface area contributed by atoms with E-state index in [-0.39, 0.29) is 18.9 Å². The highest BCUT2D eigenvalue weighted by molar-refractivity contribution is 6.30. The van der Waals surface area contributed by atoms with Gasteiger partial charge in [-0.25, -0.2) is 0 Å². The first-order valence-corrected chi connectivity index (χ1v) is 5.49. The monoisotopic (exact) mass is 245 g/mol. The molecule has 0 saturated heterocycles. The van der Waals surface area contributed by atoms with Gasteiger partial charge in [0, 0.05) is 25.8 Å². The molecule has 0 aliphatic rings. The van der Waals surface area contributed by atoms with E-state index in [1.54, 1.807) is 11.7 Å². The molecule has 90 valence electrons. The number of hydrogen-bond donors (Lipinski definition) is 2. The molecule has 5 nitrogen and oxygen atoms in total. The zero-order chi connectivity index (χ0) is 12.1. The summed E-state index contributed by atoms with van der Waals surface area (Å²) in [6, 6.07) is 0. The summed E-state index contributed by atoms with van der Waals surface area (Å²) in [7, 11) is 1.74. The van der Waals surface area contributed by atoms with Crippen LogP contribution in [0.5, 0.6) is 0 Å². The highest BCUT2D eigenvalue weighted by Crippen LogP contribution is 2.18. The van der Waals surface area contributed by atoms with Crippen LogP contribution in [-0.4, -0.2) is 33.9 Å². The van der Waals surface area contributed by atoms with Crippen LogP contribution in [0.25, 0.3) is 0 Å². The molecule has 0 spiro atoms. The van der Waals surface area contributed by atoms with E-state index in [0.717, 1.165) is 11.3 Å². The second kappa shape index (κ2) is 5.86. The van der Waals surface area contributed by atoms with Gasteiger partial charge in [0.1, 0.15) is 5.15 Å². The van der Waals surface area contributed by atoms with Crippen molar-refractivity contribution in [2.45, 2.75) is 19.8 Å². The van der Waals surface area contributed by atoms with Gasteiger partial charge in [0.05, 0.1) is 12.1 Å². The van der Waals surface area contributed by atoms with Crippen LogP contribution in [0.4, 0.5) is 0 Å². The van der Waals surface area contributed by atoms with Crippen molar-refractivity contribution in [1.82, 2.24) is 15.1 Å². The fraction of sp³-hybridized carbons (Fsp3) is 0.600. The van der Waals surface area contributed by atoms with Crippen LogP contribution >= 0.6 is 11.6 Å². The number of aliphatic hydroxyl groups excluding tert-OH is 1. The van der Waals surface area contributed by atoms with E-state index < -0.39 is 0 Å². The van der Waals surface area contributed by atoms with Crippen molar-refractivity contribution < 1.29 is 9.90 Å². The van der Waals surface area contributed by atoms with E-state index >= 15 is 0 Å². The predicted octanol–water partition coefficient (Wildman–Crippen LogP) is 0.423. The first kappa shape index (κ1) is 13.0.